The van der Waals surface area contributed by atoms with Crippen LogP contribution in [0.25, 0.3) is 0 Å². The Balaban J connectivity index is 2.02. The second kappa shape index (κ2) is 6.15. The smallest absolute Gasteiger partial charge is 0.101 e. The molecule has 3 heteroatoms. The van der Waals surface area contributed by atoms with Crippen molar-refractivity contribution in [3.63, 3.8) is 0 Å². The zero-order valence-electron chi connectivity index (χ0n) is 11.1. The molecule has 2 nitrogen and oxygen atoms in total. The SMILES string of the molecule is CSC1CCC(Nc2cc(C)ccc2C#N)CC1. The summed E-state index contributed by atoms with van der Waals surface area (Å²) in [7, 11) is 0. The first kappa shape index (κ1) is 13.3. The number of aryl methyl sites for hydroxylation is 1. The summed E-state index contributed by atoms with van der Waals surface area (Å²) in [6, 6.07) is 8.78. The maximum Gasteiger partial charge on any atom is 0.101 e. The van der Waals surface area contributed by atoms with Crippen molar-refractivity contribution in [3.8, 4) is 6.07 Å². The van der Waals surface area contributed by atoms with Crippen LogP contribution in [0.15, 0.2) is 18.2 Å². The van der Waals surface area contributed by atoms with Gasteiger partial charge >= 0.3 is 0 Å². The Morgan fingerprint density at radius 3 is 2.61 bits per heavy atom. The number of nitrogens with one attached hydrogen (secondary N) is 1. The third kappa shape index (κ3) is 3.20. The van der Waals surface area contributed by atoms with Gasteiger partial charge in [-0.25, -0.2) is 0 Å². The fourth-order valence-electron chi connectivity index (χ4n) is 2.54. The lowest BCUT2D eigenvalue weighted by molar-refractivity contribution is 0.473. The van der Waals surface area contributed by atoms with E-state index >= 15 is 0 Å². The molecule has 0 unspecified atom stereocenters. The van der Waals surface area contributed by atoms with Gasteiger partial charge in [0.1, 0.15) is 6.07 Å². The second-order valence-corrected chi connectivity index (χ2v) is 6.15. The Hall–Kier alpha value is -1.14. The Labute approximate surface area is 114 Å². The Bertz CT molecular complexity index is 442. The molecular formula is C15H20N2S. The maximum absolute atomic E-state index is 9.13. The van der Waals surface area contributed by atoms with Gasteiger partial charge in [0.05, 0.1) is 11.3 Å². The number of anilines is 1. The molecule has 1 aromatic carbocycles. The number of hydrogen-bond donors (Lipinski definition) is 1. The van der Waals surface area contributed by atoms with Crippen molar-refractivity contribution in [1.82, 2.24) is 0 Å². The van der Waals surface area contributed by atoms with Gasteiger partial charge in [-0.2, -0.15) is 17.0 Å². The van der Waals surface area contributed by atoms with Crippen molar-refractivity contribution in [3.05, 3.63) is 29.3 Å². The van der Waals surface area contributed by atoms with Crippen molar-refractivity contribution in [2.24, 2.45) is 0 Å². The first-order valence-electron chi connectivity index (χ1n) is 6.53. The minimum atomic E-state index is 0.530. The van der Waals surface area contributed by atoms with Gasteiger partial charge in [-0.1, -0.05) is 6.07 Å². The van der Waals surface area contributed by atoms with Crippen LogP contribution in [-0.2, 0) is 0 Å². The lowest BCUT2D eigenvalue weighted by Crippen LogP contribution is -2.27. The Morgan fingerprint density at radius 2 is 2.00 bits per heavy atom. The fraction of sp³-hybridized carbons (Fsp3) is 0.533. The van der Waals surface area contributed by atoms with E-state index in [2.05, 4.69) is 30.6 Å². The number of benzene rings is 1. The summed E-state index contributed by atoms with van der Waals surface area (Å²) in [5, 5.41) is 13.5. The Kier molecular flexibility index (Phi) is 4.54. The van der Waals surface area contributed by atoms with Crippen LogP contribution in [0.2, 0.25) is 0 Å². The average molecular weight is 260 g/mol. The summed E-state index contributed by atoms with van der Waals surface area (Å²) < 4.78 is 0. The molecule has 0 aliphatic heterocycles. The van der Waals surface area contributed by atoms with Crippen LogP contribution in [0.4, 0.5) is 5.69 Å². The van der Waals surface area contributed by atoms with E-state index in [0.29, 0.717) is 6.04 Å². The van der Waals surface area contributed by atoms with Crippen molar-refractivity contribution in [2.45, 2.75) is 43.9 Å². The third-order valence-corrected chi connectivity index (χ3v) is 4.80. The summed E-state index contributed by atoms with van der Waals surface area (Å²) in [5.74, 6) is 0. The summed E-state index contributed by atoms with van der Waals surface area (Å²) in [4.78, 5) is 0. The highest BCUT2D eigenvalue weighted by molar-refractivity contribution is 7.99. The molecule has 1 aliphatic carbocycles. The van der Waals surface area contributed by atoms with Crippen molar-refractivity contribution in [1.29, 1.82) is 5.26 Å². The molecule has 0 saturated heterocycles. The predicted octanol–water partition coefficient (Wildman–Crippen LogP) is 3.95. The van der Waals surface area contributed by atoms with Crippen LogP contribution in [0.5, 0.6) is 0 Å². The summed E-state index contributed by atoms with van der Waals surface area (Å²) in [6.45, 7) is 2.07. The first-order chi connectivity index (χ1) is 8.72. The molecular weight excluding hydrogens is 240 g/mol. The number of nitriles is 1. The van der Waals surface area contributed by atoms with Gasteiger partial charge in [0.2, 0.25) is 0 Å². The first-order valence-corrected chi connectivity index (χ1v) is 7.82. The molecule has 1 aliphatic rings. The van der Waals surface area contributed by atoms with Gasteiger partial charge < -0.3 is 5.32 Å². The monoisotopic (exact) mass is 260 g/mol. The normalized spacial score (nSPS) is 23.4. The number of nitrogens with zero attached hydrogens (tertiary/aromatic N) is 1. The van der Waals surface area contributed by atoms with Crippen molar-refractivity contribution in [2.75, 3.05) is 11.6 Å². The molecule has 0 bridgehead atoms. The largest absolute Gasteiger partial charge is 0.381 e. The van der Waals surface area contributed by atoms with Gasteiger partial charge in [-0.15, -0.1) is 0 Å². The average Bonchev–Trinajstić information content (AvgIpc) is 2.40. The highest BCUT2D eigenvalue weighted by Crippen LogP contribution is 2.29. The van der Waals surface area contributed by atoms with E-state index < -0.39 is 0 Å². The van der Waals surface area contributed by atoms with Gasteiger partial charge in [0.15, 0.2) is 0 Å². The Morgan fingerprint density at radius 1 is 1.28 bits per heavy atom. The lowest BCUT2D eigenvalue weighted by Gasteiger charge is -2.29. The van der Waals surface area contributed by atoms with Crippen LogP contribution in [0.3, 0.4) is 0 Å². The number of rotatable bonds is 3. The van der Waals surface area contributed by atoms with E-state index in [9.17, 15) is 0 Å². The minimum Gasteiger partial charge on any atom is -0.381 e. The van der Waals surface area contributed by atoms with E-state index in [1.165, 1.54) is 31.2 Å². The molecule has 2 rings (SSSR count). The summed E-state index contributed by atoms with van der Waals surface area (Å²) >= 11 is 1.98. The quantitative estimate of drug-likeness (QED) is 0.893. The van der Waals surface area contributed by atoms with Crippen LogP contribution in [-0.4, -0.2) is 17.5 Å². The number of hydrogen-bond acceptors (Lipinski definition) is 3. The van der Waals surface area contributed by atoms with Crippen LogP contribution < -0.4 is 5.32 Å². The summed E-state index contributed by atoms with van der Waals surface area (Å²) in [5.41, 5.74) is 2.96. The number of thioether (sulfide) groups is 1. The van der Waals surface area contributed by atoms with Gasteiger partial charge in [-0.05, 0) is 56.6 Å². The van der Waals surface area contributed by atoms with E-state index in [0.717, 1.165) is 16.5 Å². The molecule has 0 radical (unpaired) electrons. The van der Waals surface area contributed by atoms with Gasteiger partial charge in [-0.3, -0.25) is 0 Å². The van der Waals surface area contributed by atoms with Crippen LogP contribution in [0, 0.1) is 18.3 Å². The van der Waals surface area contributed by atoms with Crippen LogP contribution >= 0.6 is 11.8 Å². The van der Waals surface area contributed by atoms with E-state index in [-0.39, 0.29) is 0 Å². The minimum absolute atomic E-state index is 0.530. The molecule has 18 heavy (non-hydrogen) atoms. The molecule has 0 amide bonds. The van der Waals surface area contributed by atoms with Crippen molar-refractivity contribution < 1.29 is 0 Å². The van der Waals surface area contributed by atoms with Crippen LogP contribution in [0.1, 0.15) is 36.8 Å². The maximum atomic E-state index is 9.13. The topological polar surface area (TPSA) is 35.8 Å². The highest BCUT2D eigenvalue weighted by Gasteiger charge is 2.20. The van der Waals surface area contributed by atoms with Crippen molar-refractivity contribution >= 4 is 17.4 Å². The molecule has 0 spiro atoms. The summed E-state index contributed by atoms with van der Waals surface area (Å²) in [6.07, 6.45) is 7.19. The highest BCUT2D eigenvalue weighted by atomic mass is 32.2. The fourth-order valence-corrected chi connectivity index (χ4v) is 3.28. The zero-order valence-corrected chi connectivity index (χ0v) is 11.9. The lowest BCUT2D eigenvalue weighted by atomic mass is 9.94. The molecule has 0 aromatic heterocycles. The van der Waals surface area contributed by atoms with Gasteiger partial charge in [0.25, 0.3) is 0 Å². The zero-order chi connectivity index (χ0) is 13.0. The molecule has 1 fully saturated rings. The van der Waals surface area contributed by atoms with E-state index in [4.69, 9.17) is 5.26 Å². The predicted molar refractivity (Wildman–Crippen MR) is 79.1 cm³/mol. The van der Waals surface area contributed by atoms with E-state index in [1.807, 2.05) is 23.9 Å². The molecule has 1 N–H and O–H groups in total. The molecule has 0 heterocycles. The molecule has 1 saturated carbocycles. The molecule has 1 aromatic rings. The second-order valence-electron chi connectivity index (χ2n) is 5.01. The molecule has 0 atom stereocenters. The van der Waals surface area contributed by atoms with Gasteiger partial charge in [0, 0.05) is 11.3 Å². The van der Waals surface area contributed by atoms with E-state index in [1.54, 1.807) is 0 Å². The standard InChI is InChI=1S/C15H20N2S/c1-11-3-4-12(10-16)15(9-11)17-13-5-7-14(18-2)8-6-13/h3-4,9,13-14,17H,5-8H2,1-2H3. The third-order valence-electron chi connectivity index (χ3n) is 3.66. The molecule has 96 valence electrons.